The first-order chi connectivity index (χ1) is 10.6. The minimum Gasteiger partial charge on any atom is -0.396 e. The summed E-state index contributed by atoms with van der Waals surface area (Å²) in [7, 11) is 0. The van der Waals surface area contributed by atoms with E-state index in [4.69, 9.17) is 5.11 Å². The van der Waals surface area contributed by atoms with Gasteiger partial charge < -0.3 is 20.6 Å². The van der Waals surface area contributed by atoms with Crippen LogP contribution in [0.15, 0.2) is 24.4 Å². The number of amides is 2. The van der Waals surface area contributed by atoms with Gasteiger partial charge in [0.2, 0.25) is 0 Å². The van der Waals surface area contributed by atoms with Crippen LogP contribution in [0.3, 0.4) is 0 Å². The first kappa shape index (κ1) is 16.5. The molecule has 0 aromatic carbocycles. The first-order valence-corrected chi connectivity index (χ1v) is 7.92. The van der Waals surface area contributed by atoms with Crippen LogP contribution in [0.4, 0.5) is 10.6 Å². The van der Waals surface area contributed by atoms with Crippen LogP contribution < -0.4 is 15.5 Å². The molecule has 122 valence electrons. The zero-order valence-electron chi connectivity index (χ0n) is 13.4. The Morgan fingerprint density at radius 1 is 1.55 bits per heavy atom. The third-order valence-electron chi connectivity index (χ3n) is 4.36. The molecule has 2 unspecified atom stereocenters. The predicted molar refractivity (Wildman–Crippen MR) is 86.9 cm³/mol. The zero-order chi connectivity index (χ0) is 16.0. The van der Waals surface area contributed by atoms with Gasteiger partial charge in [0.25, 0.3) is 0 Å². The van der Waals surface area contributed by atoms with Gasteiger partial charge in [-0.2, -0.15) is 0 Å². The van der Waals surface area contributed by atoms with E-state index in [0.717, 1.165) is 31.7 Å². The Hall–Kier alpha value is -1.82. The number of rotatable bonds is 6. The first-order valence-electron chi connectivity index (χ1n) is 7.92. The standard InChI is InChI=1S/C16H26N4O2/c1-3-16(2,8-11-21)19-15(22)18-13-7-10-20(12-13)14-6-4-5-9-17-14/h4-6,9,13,21H,3,7-8,10-12H2,1-2H3,(H2,18,19,22). The molecule has 1 aromatic heterocycles. The minimum atomic E-state index is -0.363. The van der Waals surface area contributed by atoms with Crippen LogP contribution in [-0.4, -0.2) is 47.4 Å². The molecule has 6 heteroatoms. The number of hydrogen-bond donors (Lipinski definition) is 3. The SMILES string of the molecule is CCC(C)(CCO)NC(=O)NC1CCN(c2ccccn2)C1. The number of anilines is 1. The lowest BCUT2D eigenvalue weighted by atomic mass is 9.95. The highest BCUT2D eigenvalue weighted by Crippen LogP contribution is 2.18. The second-order valence-electron chi connectivity index (χ2n) is 6.11. The van der Waals surface area contributed by atoms with Gasteiger partial charge >= 0.3 is 6.03 Å². The summed E-state index contributed by atoms with van der Waals surface area (Å²) < 4.78 is 0. The molecule has 22 heavy (non-hydrogen) atoms. The summed E-state index contributed by atoms with van der Waals surface area (Å²) in [6, 6.07) is 5.81. The number of carbonyl (C=O) groups is 1. The van der Waals surface area contributed by atoms with Gasteiger partial charge in [0, 0.05) is 37.5 Å². The average molecular weight is 306 g/mol. The van der Waals surface area contributed by atoms with E-state index in [2.05, 4.69) is 20.5 Å². The molecule has 1 saturated heterocycles. The smallest absolute Gasteiger partial charge is 0.315 e. The molecule has 6 nitrogen and oxygen atoms in total. The van der Waals surface area contributed by atoms with E-state index in [1.807, 2.05) is 32.0 Å². The Kier molecular flexibility index (Phi) is 5.60. The summed E-state index contributed by atoms with van der Waals surface area (Å²) in [6.07, 6.45) is 4.03. The van der Waals surface area contributed by atoms with Crippen molar-refractivity contribution in [1.82, 2.24) is 15.6 Å². The van der Waals surface area contributed by atoms with Gasteiger partial charge in [-0.05, 0) is 38.3 Å². The van der Waals surface area contributed by atoms with E-state index in [-0.39, 0.29) is 24.2 Å². The molecule has 0 bridgehead atoms. The van der Waals surface area contributed by atoms with E-state index in [1.165, 1.54) is 0 Å². The molecular weight excluding hydrogens is 280 g/mol. The molecule has 2 atom stereocenters. The lowest BCUT2D eigenvalue weighted by Gasteiger charge is -2.29. The maximum atomic E-state index is 12.2. The maximum Gasteiger partial charge on any atom is 0.315 e. The molecule has 1 aliphatic heterocycles. The molecule has 0 spiro atoms. The summed E-state index contributed by atoms with van der Waals surface area (Å²) in [5.74, 6) is 0.950. The minimum absolute atomic E-state index is 0.0709. The van der Waals surface area contributed by atoms with Crippen LogP contribution in [0.5, 0.6) is 0 Å². The van der Waals surface area contributed by atoms with Gasteiger partial charge in [0.1, 0.15) is 5.82 Å². The molecule has 1 aliphatic rings. The highest BCUT2D eigenvalue weighted by atomic mass is 16.3. The van der Waals surface area contributed by atoms with Crippen LogP contribution in [0, 0.1) is 0 Å². The Bertz CT molecular complexity index is 482. The summed E-state index contributed by atoms with van der Waals surface area (Å²) in [4.78, 5) is 18.7. The van der Waals surface area contributed by atoms with Crippen molar-refractivity contribution in [3.05, 3.63) is 24.4 Å². The third-order valence-corrected chi connectivity index (χ3v) is 4.36. The number of urea groups is 1. The summed E-state index contributed by atoms with van der Waals surface area (Å²) >= 11 is 0. The van der Waals surface area contributed by atoms with Gasteiger partial charge in [-0.25, -0.2) is 9.78 Å². The van der Waals surface area contributed by atoms with Crippen LogP contribution in [0.25, 0.3) is 0 Å². The predicted octanol–water partition coefficient (Wildman–Crippen LogP) is 1.51. The van der Waals surface area contributed by atoms with E-state index < -0.39 is 0 Å². The van der Waals surface area contributed by atoms with E-state index >= 15 is 0 Å². The molecule has 0 saturated carbocycles. The molecule has 2 heterocycles. The van der Waals surface area contributed by atoms with Crippen LogP contribution >= 0.6 is 0 Å². The normalized spacial score (nSPS) is 20.5. The van der Waals surface area contributed by atoms with Crippen molar-refractivity contribution in [1.29, 1.82) is 0 Å². The fourth-order valence-electron chi connectivity index (χ4n) is 2.70. The molecule has 2 amide bonds. The second-order valence-corrected chi connectivity index (χ2v) is 6.11. The number of aliphatic hydroxyl groups is 1. The van der Waals surface area contributed by atoms with E-state index in [9.17, 15) is 4.79 Å². The fraction of sp³-hybridized carbons (Fsp3) is 0.625. The highest BCUT2D eigenvalue weighted by molar-refractivity contribution is 5.75. The quantitative estimate of drug-likeness (QED) is 0.744. The number of hydrogen-bond acceptors (Lipinski definition) is 4. The number of nitrogens with zero attached hydrogens (tertiary/aromatic N) is 2. The van der Waals surface area contributed by atoms with Crippen LogP contribution in [-0.2, 0) is 0 Å². The third kappa shape index (κ3) is 4.34. The largest absolute Gasteiger partial charge is 0.396 e. The summed E-state index contributed by atoms with van der Waals surface area (Å²) in [5, 5.41) is 15.1. The molecule has 2 rings (SSSR count). The molecule has 0 radical (unpaired) electrons. The Morgan fingerprint density at radius 3 is 3.00 bits per heavy atom. The van der Waals surface area contributed by atoms with Gasteiger partial charge in [-0.15, -0.1) is 0 Å². The van der Waals surface area contributed by atoms with Gasteiger partial charge in [0.15, 0.2) is 0 Å². The highest BCUT2D eigenvalue weighted by Gasteiger charge is 2.28. The van der Waals surface area contributed by atoms with Gasteiger partial charge in [-0.3, -0.25) is 0 Å². The topological polar surface area (TPSA) is 77.5 Å². The summed E-state index contributed by atoms with van der Waals surface area (Å²) in [6.45, 7) is 5.70. The van der Waals surface area contributed by atoms with Crippen molar-refractivity contribution < 1.29 is 9.90 Å². The fourth-order valence-corrected chi connectivity index (χ4v) is 2.70. The van der Waals surface area contributed by atoms with Crippen molar-refractivity contribution in [2.45, 2.75) is 44.7 Å². The van der Waals surface area contributed by atoms with Crippen molar-refractivity contribution in [3.8, 4) is 0 Å². The van der Waals surface area contributed by atoms with Crippen molar-refractivity contribution in [2.75, 3.05) is 24.6 Å². The molecule has 1 fully saturated rings. The maximum absolute atomic E-state index is 12.2. The van der Waals surface area contributed by atoms with Crippen molar-refractivity contribution in [3.63, 3.8) is 0 Å². The Balaban J connectivity index is 1.83. The van der Waals surface area contributed by atoms with Crippen molar-refractivity contribution >= 4 is 11.8 Å². The number of carbonyl (C=O) groups excluding carboxylic acids is 1. The Morgan fingerprint density at radius 2 is 2.36 bits per heavy atom. The lowest BCUT2D eigenvalue weighted by Crippen LogP contribution is -2.53. The van der Waals surface area contributed by atoms with Crippen molar-refractivity contribution in [2.24, 2.45) is 0 Å². The summed E-state index contributed by atoms with van der Waals surface area (Å²) in [5.41, 5.74) is -0.363. The Labute approximate surface area is 131 Å². The van der Waals surface area contributed by atoms with E-state index in [1.54, 1.807) is 6.20 Å². The van der Waals surface area contributed by atoms with Crippen LogP contribution in [0.1, 0.15) is 33.1 Å². The van der Waals surface area contributed by atoms with Gasteiger partial charge in [-0.1, -0.05) is 13.0 Å². The molecule has 0 aliphatic carbocycles. The average Bonchev–Trinajstić information content (AvgIpc) is 2.96. The number of nitrogens with one attached hydrogen (secondary N) is 2. The lowest BCUT2D eigenvalue weighted by molar-refractivity contribution is 0.199. The van der Waals surface area contributed by atoms with Crippen LogP contribution in [0.2, 0.25) is 0 Å². The number of pyridine rings is 1. The number of aliphatic hydroxyl groups excluding tert-OH is 1. The monoisotopic (exact) mass is 306 g/mol. The van der Waals surface area contributed by atoms with E-state index in [0.29, 0.717) is 6.42 Å². The number of aromatic nitrogens is 1. The zero-order valence-corrected chi connectivity index (χ0v) is 13.4. The van der Waals surface area contributed by atoms with Gasteiger partial charge in [0.05, 0.1) is 0 Å². The molecule has 1 aromatic rings. The molecule has 3 N–H and O–H groups in total. The second kappa shape index (κ2) is 7.45. The molecular formula is C16H26N4O2.